The lowest BCUT2D eigenvalue weighted by atomic mass is 10.0. The van der Waals surface area contributed by atoms with Crippen LogP contribution in [0.3, 0.4) is 0 Å². The molecule has 0 unspecified atom stereocenters. The van der Waals surface area contributed by atoms with Crippen LogP contribution < -0.4 is 5.73 Å². The van der Waals surface area contributed by atoms with Crippen molar-refractivity contribution in [2.45, 2.75) is 13.3 Å². The van der Waals surface area contributed by atoms with Gasteiger partial charge in [-0.2, -0.15) is 0 Å². The quantitative estimate of drug-likeness (QED) is 0.371. The van der Waals surface area contributed by atoms with Gasteiger partial charge in [0.15, 0.2) is 11.6 Å². The summed E-state index contributed by atoms with van der Waals surface area (Å²) >= 11 is 0. The molecule has 0 amide bonds. The number of halogens is 3. The van der Waals surface area contributed by atoms with Crippen molar-refractivity contribution in [3.05, 3.63) is 77.6 Å². The first-order chi connectivity index (χ1) is 13.3. The molecule has 0 spiro atoms. The van der Waals surface area contributed by atoms with Crippen molar-refractivity contribution in [1.82, 2.24) is 0 Å². The zero-order valence-electron chi connectivity index (χ0n) is 15.0. The number of fused-ring (bicyclic) bond motifs is 2. The van der Waals surface area contributed by atoms with Crippen LogP contribution in [-0.2, 0) is 6.42 Å². The molecule has 0 radical (unpaired) electrons. The van der Waals surface area contributed by atoms with Gasteiger partial charge in [0.1, 0.15) is 17.3 Å². The molecule has 4 N–H and O–H groups in total. The van der Waals surface area contributed by atoms with E-state index >= 15 is 0 Å². The molecule has 0 saturated heterocycles. The molecule has 0 saturated carbocycles. The van der Waals surface area contributed by atoms with Crippen LogP contribution in [-0.4, -0.2) is 10.2 Å². The van der Waals surface area contributed by atoms with Crippen molar-refractivity contribution in [3.8, 4) is 11.5 Å². The Hall–Kier alpha value is -3.41. The van der Waals surface area contributed by atoms with Gasteiger partial charge in [-0.05, 0) is 59.2 Å². The first-order valence-corrected chi connectivity index (χ1v) is 8.58. The van der Waals surface area contributed by atoms with Crippen molar-refractivity contribution >= 4 is 27.2 Å². The minimum absolute atomic E-state index is 0.0403. The molecule has 4 aromatic carbocycles. The molecular weight excluding hydrogens is 367 g/mol. The maximum atomic E-state index is 13.5. The largest absolute Gasteiger partial charge is 0.508 e. The Bertz CT molecular complexity index is 1180. The van der Waals surface area contributed by atoms with Crippen molar-refractivity contribution in [3.63, 3.8) is 0 Å². The SMILES string of the molecule is CCc1c(F)ccc2cc(O)cc(N)c12.Oc1ccc2c(F)c(F)ccc2c1. The molecule has 0 heterocycles. The highest BCUT2D eigenvalue weighted by Gasteiger charge is 2.09. The predicted octanol–water partition coefficient (Wildman–Crippen LogP) is 5.65. The second kappa shape index (κ2) is 7.68. The summed E-state index contributed by atoms with van der Waals surface area (Å²) in [4.78, 5) is 0. The molecule has 0 aliphatic heterocycles. The maximum Gasteiger partial charge on any atom is 0.166 e. The van der Waals surface area contributed by atoms with Crippen LogP contribution in [0.4, 0.5) is 18.9 Å². The third-order valence-corrected chi connectivity index (χ3v) is 4.43. The van der Waals surface area contributed by atoms with Crippen LogP contribution in [0.5, 0.6) is 11.5 Å². The summed E-state index contributed by atoms with van der Waals surface area (Å²) < 4.78 is 39.3. The van der Waals surface area contributed by atoms with E-state index in [-0.39, 0.29) is 22.7 Å². The van der Waals surface area contributed by atoms with E-state index in [0.717, 1.165) is 11.5 Å². The summed E-state index contributed by atoms with van der Waals surface area (Å²) in [6.45, 7) is 1.88. The zero-order chi connectivity index (χ0) is 20.4. The Labute approximate surface area is 159 Å². The van der Waals surface area contributed by atoms with Crippen molar-refractivity contribution in [2.24, 2.45) is 0 Å². The molecule has 0 aliphatic rings. The summed E-state index contributed by atoms with van der Waals surface area (Å²) in [5.41, 5.74) is 6.80. The van der Waals surface area contributed by atoms with Crippen LogP contribution in [0.2, 0.25) is 0 Å². The van der Waals surface area contributed by atoms with E-state index in [4.69, 9.17) is 10.8 Å². The van der Waals surface area contributed by atoms with Crippen LogP contribution in [0.25, 0.3) is 21.5 Å². The van der Waals surface area contributed by atoms with Crippen LogP contribution >= 0.6 is 0 Å². The number of aromatic hydroxyl groups is 2. The Morgan fingerprint density at radius 3 is 2.14 bits per heavy atom. The Morgan fingerprint density at radius 2 is 1.43 bits per heavy atom. The fourth-order valence-corrected chi connectivity index (χ4v) is 3.13. The highest BCUT2D eigenvalue weighted by Crippen LogP contribution is 2.31. The van der Waals surface area contributed by atoms with Gasteiger partial charge in [0.2, 0.25) is 0 Å². The highest BCUT2D eigenvalue weighted by molar-refractivity contribution is 5.97. The minimum atomic E-state index is -0.877. The monoisotopic (exact) mass is 385 g/mol. The van der Waals surface area contributed by atoms with E-state index < -0.39 is 11.6 Å². The summed E-state index contributed by atoms with van der Waals surface area (Å²) in [5, 5.41) is 20.6. The number of hydrogen-bond acceptors (Lipinski definition) is 3. The lowest BCUT2D eigenvalue weighted by molar-refractivity contribution is 0.475. The molecule has 0 bridgehead atoms. The van der Waals surface area contributed by atoms with E-state index in [1.54, 1.807) is 12.1 Å². The van der Waals surface area contributed by atoms with Gasteiger partial charge >= 0.3 is 0 Å². The van der Waals surface area contributed by atoms with Gasteiger partial charge < -0.3 is 15.9 Å². The Morgan fingerprint density at radius 1 is 0.786 bits per heavy atom. The van der Waals surface area contributed by atoms with Gasteiger partial charge in [-0.1, -0.05) is 19.1 Å². The van der Waals surface area contributed by atoms with E-state index in [1.807, 2.05) is 6.92 Å². The number of aryl methyl sites for hydroxylation is 1. The van der Waals surface area contributed by atoms with E-state index in [2.05, 4.69) is 0 Å². The summed E-state index contributed by atoms with van der Waals surface area (Å²) in [6.07, 6.45) is 0.581. The van der Waals surface area contributed by atoms with E-state index in [0.29, 0.717) is 28.4 Å². The van der Waals surface area contributed by atoms with Crippen LogP contribution in [0, 0.1) is 17.5 Å². The average Bonchev–Trinajstić information content (AvgIpc) is 2.65. The summed E-state index contributed by atoms with van der Waals surface area (Å²) in [5.74, 6) is -1.86. The number of nitrogens with two attached hydrogens (primary N) is 1. The molecule has 0 aliphatic carbocycles. The van der Waals surface area contributed by atoms with Gasteiger partial charge in [-0.15, -0.1) is 0 Å². The van der Waals surface area contributed by atoms with Gasteiger partial charge in [-0.3, -0.25) is 0 Å². The number of nitrogen functional groups attached to an aromatic ring is 1. The first-order valence-electron chi connectivity index (χ1n) is 8.58. The molecule has 0 atom stereocenters. The number of anilines is 1. The molecular formula is C22H18F3NO2. The second-order valence-electron chi connectivity index (χ2n) is 6.28. The fraction of sp³-hybridized carbons (Fsp3) is 0.0909. The van der Waals surface area contributed by atoms with Crippen molar-refractivity contribution in [2.75, 3.05) is 5.73 Å². The molecule has 4 rings (SSSR count). The van der Waals surface area contributed by atoms with Gasteiger partial charge in [0.05, 0.1) is 0 Å². The van der Waals surface area contributed by atoms with E-state index in [1.165, 1.54) is 36.4 Å². The number of rotatable bonds is 1. The molecule has 3 nitrogen and oxygen atoms in total. The van der Waals surface area contributed by atoms with Crippen LogP contribution in [0.1, 0.15) is 12.5 Å². The zero-order valence-corrected chi connectivity index (χ0v) is 15.0. The molecule has 144 valence electrons. The van der Waals surface area contributed by atoms with Gasteiger partial charge in [0.25, 0.3) is 0 Å². The normalized spacial score (nSPS) is 10.7. The summed E-state index contributed by atoms with van der Waals surface area (Å²) in [6, 6.07) is 12.6. The van der Waals surface area contributed by atoms with Gasteiger partial charge in [0, 0.05) is 22.5 Å². The molecule has 28 heavy (non-hydrogen) atoms. The third kappa shape index (κ3) is 3.67. The fourth-order valence-electron chi connectivity index (χ4n) is 3.13. The van der Waals surface area contributed by atoms with Crippen LogP contribution in [0.15, 0.2) is 54.6 Å². The van der Waals surface area contributed by atoms with Gasteiger partial charge in [-0.25, -0.2) is 13.2 Å². The highest BCUT2D eigenvalue weighted by atomic mass is 19.2. The first kappa shape index (κ1) is 19.4. The van der Waals surface area contributed by atoms with Crippen molar-refractivity contribution in [1.29, 1.82) is 0 Å². The number of benzene rings is 4. The number of hydrogen-bond donors (Lipinski definition) is 3. The predicted molar refractivity (Wildman–Crippen MR) is 105 cm³/mol. The van der Waals surface area contributed by atoms with E-state index in [9.17, 15) is 18.3 Å². The average molecular weight is 385 g/mol. The van der Waals surface area contributed by atoms with Crippen molar-refractivity contribution < 1.29 is 23.4 Å². The lowest BCUT2D eigenvalue weighted by Gasteiger charge is -2.09. The Kier molecular flexibility index (Phi) is 5.31. The smallest absolute Gasteiger partial charge is 0.166 e. The topological polar surface area (TPSA) is 66.5 Å². The second-order valence-corrected chi connectivity index (χ2v) is 6.28. The maximum absolute atomic E-state index is 13.5. The Balaban J connectivity index is 0.000000162. The molecule has 6 heteroatoms. The molecule has 0 aromatic heterocycles. The number of phenols is 2. The summed E-state index contributed by atoms with van der Waals surface area (Å²) in [7, 11) is 0. The third-order valence-electron chi connectivity index (χ3n) is 4.43. The number of phenolic OH excluding ortho intramolecular Hbond substituents is 2. The standard InChI is InChI=1S/C12H12FNO.C10H6F2O/c1-2-9-10(13)4-3-7-5-8(15)6-11(14)12(7)9;11-9-4-1-6-5-7(13)2-3-8(6)10(9)12/h3-6,15H,2,14H2,1H3;1-5,13H. The lowest BCUT2D eigenvalue weighted by Crippen LogP contribution is -1.95. The molecule has 4 aromatic rings. The molecule has 0 fully saturated rings. The minimum Gasteiger partial charge on any atom is -0.508 e.